The highest BCUT2D eigenvalue weighted by Gasteiger charge is 2.38. The number of nitrogens with zero attached hydrogens (tertiary/aromatic N) is 2. The molecule has 2 unspecified atom stereocenters. The van der Waals surface area contributed by atoms with Gasteiger partial charge in [0, 0.05) is 31.2 Å². The van der Waals surface area contributed by atoms with Crippen LogP contribution in [0.25, 0.3) is 0 Å². The highest BCUT2D eigenvalue weighted by molar-refractivity contribution is 6.42. The maximum absolute atomic E-state index is 13.0. The van der Waals surface area contributed by atoms with Crippen molar-refractivity contribution in [1.82, 2.24) is 15.1 Å². The van der Waals surface area contributed by atoms with Crippen LogP contribution in [0.3, 0.4) is 0 Å². The van der Waals surface area contributed by atoms with Gasteiger partial charge in [0.2, 0.25) is 5.91 Å². The van der Waals surface area contributed by atoms with Crippen LogP contribution in [-0.2, 0) is 4.79 Å². The highest BCUT2D eigenvalue weighted by Crippen LogP contribution is 2.27. The Morgan fingerprint density at radius 1 is 1.12 bits per heavy atom. The van der Waals surface area contributed by atoms with Crippen molar-refractivity contribution in [1.29, 1.82) is 0 Å². The third-order valence-electron chi connectivity index (χ3n) is 5.11. The van der Waals surface area contributed by atoms with E-state index in [-0.39, 0.29) is 30.3 Å². The fourth-order valence-corrected chi connectivity index (χ4v) is 3.98. The molecule has 1 aromatic carbocycles. The van der Waals surface area contributed by atoms with Crippen molar-refractivity contribution in [2.24, 2.45) is 0 Å². The summed E-state index contributed by atoms with van der Waals surface area (Å²) in [6, 6.07) is 4.81. The molecule has 2 aliphatic heterocycles. The van der Waals surface area contributed by atoms with E-state index in [0.717, 1.165) is 25.8 Å². The number of benzene rings is 1. The largest absolute Gasteiger partial charge is 0.339 e. The monoisotopic (exact) mass is 419 g/mol. The minimum atomic E-state index is -0.377. The summed E-state index contributed by atoms with van der Waals surface area (Å²) in [4.78, 5) is 29.4. The summed E-state index contributed by atoms with van der Waals surface area (Å²) in [7, 11) is 1.92. The number of nitrogens with one attached hydrogen (secondary N) is 1. The molecule has 2 fully saturated rings. The first-order valence-corrected chi connectivity index (χ1v) is 9.49. The van der Waals surface area contributed by atoms with Gasteiger partial charge in [0.25, 0.3) is 5.91 Å². The van der Waals surface area contributed by atoms with E-state index in [1.54, 1.807) is 23.1 Å². The lowest BCUT2D eigenvalue weighted by Crippen LogP contribution is -2.53. The Labute approximate surface area is 170 Å². The molecule has 0 radical (unpaired) electrons. The van der Waals surface area contributed by atoms with E-state index in [4.69, 9.17) is 23.2 Å². The van der Waals surface area contributed by atoms with Gasteiger partial charge in [-0.3, -0.25) is 9.59 Å². The van der Waals surface area contributed by atoms with E-state index in [2.05, 4.69) is 5.32 Å². The lowest BCUT2D eigenvalue weighted by atomic mass is 10.0. The molecule has 0 aromatic heterocycles. The standard InChI is InChI=1S/C18H23Cl2N3O2.ClH/c1-21-13-4-2-8-22(11-13)18(25)16-5-3-9-23(16)17(24)12-6-7-14(19)15(20)10-12;/h6-7,10,13,16,21H,2-5,8-9,11H2,1H3;1H. The van der Waals surface area contributed by atoms with Gasteiger partial charge >= 0.3 is 0 Å². The Balaban J connectivity index is 0.00000243. The molecule has 2 aliphatic rings. The predicted octanol–water partition coefficient (Wildman–Crippen LogP) is 3.23. The van der Waals surface area contributed by atoms with Crippen molar-refractivity contribution in [2.45, 2.75) is 37.8 Å². The van der Waals surface area contributed by atoms with Crippen LogP contribution in [0.4, 0.5) is 0 Å². The van der Waals surface area contributed by atoms with Crippen LogP contribution in [-0.4, -0.2) is 60.4 Å². The van der Waals surface area contributed by atoms with Crippen molar-refractivity contribution in [2.75, 3.05) is 26.7 Å². The first-order chi connectivity index (χ1) is 12.0. The maximum atomic E-state index is 13.0. The van der Waals surface area contributed by atoms with Crippen LogP contribution in [0.15, 0.2) is 18.2 Å². The summed E-state index contributed by atoms with van der Waals surface area (Å²) in [5.74, 6) is -0.0950. The minimum Gasteiger partial charge on any atom is -0.339 e. The predicted molar refractivity (Wildman–Crippen MR) is 106 cm³/mol. The van der Waals surface area contributed by atoms with Gasteiger partial charge in [-0.05, 0) is 50.9 Å². The number of carbonyl (C=O) groups excluding carboxylic acids is 2. The van der Waals surface area contributed by atoms with Crippen LogP contribution in [0.2, 0.25) is 10.0 Å². The molecule has 144 valence electrons. The van der Waals surface area contributed by atoms with E-state index in [0.29, 0.717) is 41.2 Å². The maximum Gasteiger partial charge on any atom is 0.254 e. The zero-order valence-electron chi connectivity index (χ0n) is 14.7. The highest BCUT2D eigenvalue weighted by atomic mass is 35.5. The van der Waals surface area contributed by atoms with Gasteiger partial charge in [-0.15, -0.1) is 12.4 Å². The van der Waals surface area contributed by atoms with Gasteiger partial charge < -0.3 is 15.1 Å². The van der Waals surface area contributed by atoms with Gasteiger partial charge in [0.05, 0.1) is 10.0 Å². The van der Waals surface area contributed by atoms with Gasteiger partial charge in [0.15, 0.2) is 0 Å². The van der Waals surface area contributed by atoms with Crippen molar-refractivity contribution in [3.63, 3.8) is 0 Å². The Bertz CT molecular complexity index is 671. The Hall–Kier alpha value is -1.01. The number of rotatable bonds is 3. The third-order valence-corrected chi connectivity index (χ3v) is 5.85. The number of halogens is 3. The quantitative estimate of drug-likeness (QED) is 0.817. The molecule has 5 nitrogen and oxygen atoms in total. The molecule has 0 aliphatic carbocycles. The normalized spacial score (nSPS) is 22.9. The van der Waals surface area contributed by atoms with Crippen LogP contribution in [0.5, 0.6) is 0 Å². The van der Waals surface area contributed by atoms with Gasteiger partial charge in [-0.1, -0.05) is 23.2 Å². The van der Waals surface area contributed by atoms with Crippen LogP contribution in [0.1, 0.15) is 36.0 Å². The van der Waals surface area contributed by atoms with Gasteiger partial charge in [0.1, 0.15) is 6.04 Å². The summed E-state index contributed by atoms with van der Waals surface area (Å²) in [5, 5.41) is 4.01. The van der Waals surface area contributed by atoms with E-state index < -0.39 is 0 Å². The van der Waals surface area contributed by atoms with Crippen molar-refractivity contribution >= 4 is 47.4 Å². The molecule has 0 bridgehead atoms. The number of likely N-dealkylation sites (tertiary alicyclic amines) is 2. The first-order valence-electron chi connectivity index (χ1n) is 8.73. The van der Waals surface area contributed by atoms with Gasteiger partial charge in [-0.25, -0.2) is 0 Å². The molecule has 0 spiro atoms. The summed E-state index contributed by atoms with van der Waals surface area (Å²) in [6.45, 7) is 2.07. The molecule has 8 heteroatoms. The SMILES string of the molecule is CNC1CCCN(C(=O)C2CCCN2C(=O)c2ccc(Cl)c(Cl)c2)C1.Cl. The topological polar surface area (TPSA) is 52.7 Å². The summed E-state index contributed by atoms with van der Waals surface area (Å²) in [5.41, 5.74) is 0.473. The molecule has 2 amide bonds. The molecule has 0 saturated carbocycles. The second-order valence-electron chi connectivity index (χ2n) is 6.70. The number of piperidine rings is 1. The smallest absolute Gasteiger partial charge is 0.254 e. The Morgan fingerprint density at radius 3 is 2.54 bits per heavy atom. The average molecular weight is 421 g/mol. The number of carbonyl (C=O) groups is 2. The Kier molecular flexibility index (Phi) is 7.59. The lowest BCUT2D eigenvalue weighted by molar-refractivity contribution is -0.136. The fraction of sp³-hybridized carbons (Fsp3) is 0.556. The van der Waals surface area contributed by atoms with E-state index in [9.17, 15) is 9.59 Å². The third kappa shape index (κ3) is 4.45. The van der Waals surface area contributed by atoms with Crippen molar-refractivity contribution in [3.8, 4) is 0 Å². The number of hydrogen-bond donors (Lipinski definition) is 1. The zero-order valence-corrected chi connectivity index (χ0v) is 17.0. The molecule has 3 rings (SSSR count). The van der Waals surface area contributed by atoms with Crippen LogP contribution >= 0.6 is 35.6 Å². The number of hydrogen-bond acceptors (Lipinski definition) is 3. The van der Waals surface area contributed by atoms with Gasteiger partial charge in [-0.2, -0.15) is 0 Å². The van der Waals surface area contributed by atoms with Crippen LogP contribution < -0.4 is 5.32 Å². The summed E-state index contributed by atoms with van der Waals surface area (Å²) in [6.07, 6.45) is 3.63. The molecule has 26 heavy (non-hydrogen) atoms. The molecule has 2 heterocycles. The number of amides is 2. The Morgan fingerprint density at radius 2 is 1.85 bits per heavy atom. The number of likely N-dealkylation sites (N-methyl/N-ethyl adjacent to an activating group) is 1. The molecular weight excluding hydrogens is 397 g/mol. The van der Waals surface area contributed by atoms with E-state index >= 15 is 0 Å². The molecule has 2 atom stereocenters. The average Bonchev–Trinajstić information content (AvgIpc) is 3.12. The second kappa shape index (κ2) is 9.27. The molecule has 2 saturated heterocycles. The summed E-state index contributed by atoms with van der Waals surface area (Å²) < 4.78 is 0. The van der Waals surface area contributed by atoms with E-state index in [1.165, 1.54) is 0 Å². The molecule has 1 N–H and O–H groups in total. The summed E-state index contributed by atoms with van der Waals surface area (Å²) >= 11 is 12.0. The van der Waals surface area contributed by atoms with E-state index in [1.807, 2.05) is 11.9 Å². The zero-order chi connectivity index (χ0) is 18.0. The molecular formula is C18H24Cl3N3O2. The minimum absolute atomic E-state index is 0. The van der Waals surface area contributed by atoms with Crippen LogP contribution in [0, 0.1) is 0 Å². The lowest BCUT2D eigenvalue weighted by Gasteiger charge is -2.36. The van der Waals surface area contributed by atoms with Crippen molar-refractivity contribution in [3.05, 3.63) is 33.8 Å². The first kappa shape index (κ1) is 21.3. The van der Waals surface area contributed by atoms with Crippen molar-refractivity contribution < 1.29 is 9.59 Å². The second-order valence-corrected chi connectivity index (χ2v) is 7.51. The molecule has 1 aromatic rings. The fourth-order valence-electron chi connectivity index (χ4n) is 3.69.